The lowest BCUT2D eigenvalue weighted by molar-refractivity contribution is 0.0704. The highest BCUT2D eigenvalue weighted by Gasteiger charge is 2.17. The zero-order valence-corrected chi connectivity index (χ0v) is 13.0. The van der Waals surface area contributed by atoms with Gasteiger partial charge in [0, 0.05) is 18.0 Å². The highest BCUT2D eigenvalue weighted by molar-refractivity contribution is 7.18. The number of aromatic nitrogens is 2. The van der Waals surface area contributed by atoms with Crippen molar-refractivity contribution in [1.82, 2.24) is 9.97 Å². The second-order valence-electron chi connectivity index (χ2n) is 4.52. The molecule has 0 saturated heterocycles. The van der Waals surface area contributed by atoms with Crippen molar-refractivity contribution >= 4 is 27.4 Å². The molecule has 4 nitrogen and oxygen atoms in total. The molecular weight excluding hydrogens is 258 g/mol. The van der Waals surface area contributed by atoms with E-state index in [2.05, 4.69) is 36.1 Å². The van der Waals surface area contributed by atoms with E-state index in [1.165, 1.54) is 10.4 Å². The van der Waals surface area contributed by atoms with E-state index in [1.807, 2.05) is 13.8 Å². The van der Waals surface area contributed by atoms with Gasteiger partial charge in [0.1, 0.15) is 16.8 Å². The van der Waals surface area contributed by atoms with Gasteiger partial charge in [-0.15, -0.1) is 11.3 Å². The van der Waals surface area contributed by atoms with Crippen LogP contribution in [0.4, 0.5) is 5.82 Å². The minimum absolute atomic E-state index is 0.0745. The standard InChI is InChI=1S/C14H21N3OS/c1-6-15-13-11-8(3)10(5)19-14(11)17-12(16-13)9(4)18-7-2/h9H,6-7H2,1-5H3,(H,15,16,17). The van der Waals surface area contributed by atoms with Gasteiger partial charge in [-0.25, -0.2) is 9.97 Å². The second kappa shape index (κ2) is 5.84. The first-order valence-electron chi connectivity index (χ1n) is 6.71. The van der Waals surface area contributed by atoms with E-state index in [9.17, 15) is 0 Å². The molecule has 104 valence electrons. The van der Waals surface area contributed by atoms with Gasteiger partial charge in [-0.1, -0.05) is 0 Å². The number of rotatable bonds is 5. The average molecular weight is 279 g/mol. The minimum Gasteiger partial charge on any atom is -0.371 e. The van der Waals surface area contributed by atoms with Gasteiger partial charge in [0.25, 0.3) is 0 Å². The number of ether oxygens (including phenoxy) is 1. The van der Waals surface area contributed by atoms with Crippen LogP contribution < -0.4 is 5.32 Å². The van der Waals surface area contributed by atoms with E-state index >= 15 is 0 Å². The maximum atomic E-state index is 5.60. The maximum absolute atomic E-state index is 5.60. The summed E-state index contributed by atoms with van der Waals surface area (Å²) >= 11 is 1.72. The fourth-order valence-electron chi connectivity index (χ4n) is 2.07. The number of nitrogens with zero attached hydrogens (tertiary/aromatic N) is 2. The fraction of sp³-hybridized carbons (Fsp3) is 0.571. The normalized spacial score (nSPS) is 12.9. The van der Waals surface area contributed by atoms with Gasteiger partial charge in [-0.2, -0.15) is 0 Å². The van der Waals surface area contributed by atoms with Crippen molar-refractivity contribution in [2.75, 3.05) is 18.5 Å². The summed E-state index contributed by atoms with van der Waals surface area (Å²) < 4.78 is 5.60. The Hall–Kier alpha value is -1.20. The highest BCUT2D eigenvalue weighted by atomic mass is 32.1. The van der Waals surface area contributed by atoms with Crippen LogP contribution in [-0.4, -0.2) is 23.1 Å². The molecule has 0 aliphatic carbocycles. The third-order valence-corrected chi connectivity index (χ3v) is 4.27. The zero-order chi connectivity index (χ0) is 14.0. The molecule has 0 aliphatic rings. The molecule has 0 aromatic carbocycles. The highest BCUT2D eigenvalue weighted by Crippen LogP contribution is 2.34. The molecular formula is C14H21N3OS. The number of fused-ring (bicyclic) bond motifs is 1. The summed E-state index contributed by atoms with van der Waals surface area (Å²) in [6, 6.07) is 0. The lowest BCUT2D eigenvalue weighted by Crippen LogP contribution is -2.08. The van der Waals surface area contributed by atoms with Gasteiger partial charge in [0.05, 0.1) is 5.39 Å². The van der Waals surface area contributed by atoms with Gasteiger partial charge in [-0.3, -0.25) is 0 Å². The van der Waals surface area contributed by atoms with E-state index in [1.54, 1.807) is 11.3 Å². The van der Waals surface area contributed by atoms with Crippen molar-refractivity contribution in [1.29, 1.82) is 0 Å². The molecule has 0 saturated carbocycles. The molecule has 0 spiro atoms. The first-order valence-corrected chi connectivity index (χ1v) is 7.53. The topological polar surface area (TPSA) is 47.0 Å². The van der Waals surface area contributed by atoms with Gasteiger partial charge in [0.15, 0.2) is 5.82 Å². The second-order valence-corrected chi connectivity index (χ2v) is 5.72. The van der Waals surface area contributed by atoms with Crippen LogP contribution >= 0.6 is 11.3 Å². The SMILES string of the molecule is CCNc1nc(C(C)OCC)nc2sc(C)c(C)c12. The third-order valence-electron chi connectivity index (χ3n) is 3.17. The summed E-state index contributed by atoms with van der Waals surface area (Å²) in [5.74, 6) is 1.68. The van der Waals surface area contributed by atoms with Crippen LogP contribution in [0.5, 0.6) is 0 Å². The predicted molar refractivity (Wildman–Crippen MR) is 81.1 cm³/mol. The van der Waals surface area contributed by atoms with E-state index in [0.29, 0.717) is 6.61 Å². The molecule has 1 N–H and O–H groups in total. The van der Waals surface area contributed by atoms with Crippen LogP contribution in [-0.2, 0) is 4.74 Å². The Morgan fingerprint density at radius 3 is 2.63 bits per heavy atom. The molecule has 5 heteroatoms. The van der Waals surface area contributed by atoms with Crippen molar-refractivity contribution in [3.63, 3.8) is 0 Å². The van der Waals surface area contributed by atoms with Crippen LogP contribution in [0.2, 0.25) is 0 Å². The van der Waals surface area contributed by atoms with Gasteiger partial charge in [-0.05, 0) is 40.2 Å². The molecule has 2 rings (SSSR count). The van der Waals surface area contributed by atoms with Crippen molar-refractivity contribution in [2.45, 2.75) is 40.7 Å². The van der Waals surface area contributed by atoms with Crippen LogP contribution in [0.25, 0.3) is 10.2 Å². The fourth-order valence-corrected chi connectivity index (χ4v) is 3.10. The molecule has 0 radical (unpaired) electrons. The van der Waals surface area contributed by atoms with Crippen LogP contribution in [0.15, 0.2) is 0 Å². The first-order chi connectivity index (χ1) is 9.08. The number of hydrogen-bond donors (Lipinski definition) is 1. The van der Waals surface area contributed by atoms with E-state index in [-0.39, 0.29) is 6.10 Å². The third kappa shape index (κ3) is 2.72. The largest absolute Gasteiger partial charge is 0.371 e. The summed E-state index contributed by atoms with van der Waals surface area (Å²) in [7, 11) is 0. The van der Waals surface area contributed by atoms with Gasteiger partial charge >= 0.3 is 0 Å². The molecule has 0 amide bonds. The van der Waals surface area contributed by atoms with E-state index < -0.39 is 0 Å². The molecule has 1 atom stereocenters. The van der Waals surface area contributed by atoms with Gasteiger partial charge in [0.2, 0.25) is 0 Å². The van der Waals surface area contributed by atoms with Crippen LogP contribution in [0.3, 0.4) is 0 Å². The Labute approximate surface area is 118 Å². The molecule has 0 bridgehead atoms. The Morgan fingerprint density at radius 1 is 1.26 bits per heavy atom. The number of anilines is 1. The van der Waals surface area contributed by atoms with Crippen molar-refractivity contribution in [3.05, 3.63) is 16.3 Å². The molecule has 0 fully saturated rings. The monoisotopic (exact) mass is 279 g/mol. The van der Waals surface area contributed by atoms with Crippen LogP contribution in [0, 0.1) is 13.8 Å². The van der Waals surface area contributed by atoms with Crippen molar-refractivity contribution in [3.8, 4) is 0 Å². The summed E-state index contributed by atoms with van der Waals surface area (Å²) in [6.07, 6.45) is -0.0745. The summed E-state index contributed by atoms with van der Waals surface area (Å²) in [5, 5.41) is 4.49. The van der Waals surface area contributed by atoms with Gasteiger partial charge < -0.3 is 10.1 Å². The molecule has 1 unspecified atom stereocenters. The Balaban J connectivity index is 2.57. The quantitative estimate of drug-likeness (QED) is 0.903. The number of aryl methyl sites for hydroxylation is 2. The van der Waals surface area contributed by atoms with E-state index in [0.717, 1.165) is 28.4 Å². The summed E-state index contributed by atoms with van der Waals surface area (Å²) in [6.45, 7) is 11.8. The minimum atomic E-state index is -0.0745. The summed E-state index contributed by atoms with van der Waals surface area (Å²) in [5.41, 5.74) is 1.27. The molecule has 2 aromatic heterocycles. The number of nitrogens with one attached hydrogen (secondary N) is 1. The first kappa shape index (κ1) is 14.2. The lowest BCUT2D eigenvalue weighted by Gasteiger charge is -2.13. The molecule has 19 heavy (non-hydrogen) atoms. The van der Waals surface area contributed by atoms with E-state index in [4.69, 9.17) is 4.74 Å². The average Bonchev–Trinajstić information content (AvgIpc) is 2.66. The smallest absolute Gasteiger partial charge is 0.160 e. The molecule has 2 aromatic rings. The Bertz CT molecular complexity index is 580. The predicted octanol–water partition coefficient (Wildman–Crippen LogP) is 3.84. The van der Waals surface area contributed by atoms with Crippen LogP contribution in [0.1, 0.15) is 43.1 Å². The maximum Gasteiger partial charge on any atom is 0.160 e. The Morgan fingerprint density at radius 2 is 2.00 bits per heavy atom. The van der Waals surface area contributed by atoms with Crippen molar-refractivity contribution in [2.24, 2.45) is 0 Å². The lowest BCUT2D eigenvalue weighted by atomic mass is 10.2. The number of hydrogen-bond acceptors (Lipinski definition) is 5. The van der Waals surface area contributed by atoms with Crippen molar-refractivity contribution < 1.29 is 4.74 Å². The summed E-state index contributed by atoms with van der Waals surface area (Å²) in [4.78, 5) is 11.6. The zero-order valence-electron chi connectivity index (χ0n) is 12.2. The molecule has 0 aliphatic heterocycles. The molecule has 2 heterocycles. The number of thiophene rings is 1. The Kier molecular flexibility index (Phi) is 4.37.